The number of hydrogen-bond donors (Lipinski definition) is 1. The molecule has 0 aromatic carbocycles. The molecule has 0 saturated carbocycles. The minimum Gasteiger partial charge on any atom is -0.312 e. The van der Waals surface area contributed by atoms with E-state index in [0.717, 1.165) is 32.1 Å². The van der Waals surface area contributed by atoms with Crippen LogP contribution in [0, 0.1) is 0 Å². The molecular weight excluding hydrogens is 754 g/mol. The van der Waals surface area contributed by atoms with E-state index in [1.807, 2.05) is 6.92 Å². The maximum absolute atomic E-state index is 13.1. The van der Waals surface area contributed by atoms with Crippen molar-refractivity contribution in [1.82, 2.24) is 4.67 Å². The second kappa shape index (κ2) is 51.7. The van der Waals surface area contributed by atoms with Gasteiger partial charge in [0.25, 0.3) is 0 Å². The van der Waals surface area contributed by atoms with Crippen molar-refractivity contribution in [3.8, 4) is 0 Å². The van der Waals surface area contributed by atoms with Crippen LogP contribution in [0.4, 0.5) is 0 Å². The Kier molecular flexibility index (Phi) is 51.8. The lowest BCUT2D eigenvalue weighted by Gasteiger charge is -2.26. The Labute approximate surface area is 380 Å². The first-order valence-corrected chi connectivity index (χ1v) is 29.8. The summed E-state index contributed by atoms with van der Waals surface area (Å²) < 4.78 is 20.3. The molecule has 0 amide bonds. The van der Waals surface area contributed by atoms with Gasteiger partial charge >= 0.3 is 7.75 Å². The number of rotatable bonds is 54. The lowest BCUT2D eigenvalue weighted by molar-refractivity contribution is 0.197. The summed E-state index contributed by atoms with van der Waals surface area (Å²) in [7, 11) is -3.68. The summed E-state index contributed by atoms with van der Waals surface area (Å²) in [5.74, 6) is 0. The van der Waals surface area contributed by atoms with E-state index in [0.29, 0.717) is 19.7 Å². The first kappa shape index (κ1) is 60.1. The summed E-state index contributed by atoms with van der Waals surface area (Å²) in [6.45, 7) is 8.36. The van der Waals surface area contributed by atoms with Gasteiger partial charge in [0.15, 0.2) is 0 Å². The molecule has 0 aliphatic rings. The van der Waals surface area contributed by atoms with Crippen molar-refractivity contribution in [3.05, 3.63) is 0 Å². The summed E-state index contributed by atoms with van der Waals surface area (Å²) in [4.78, 5) is 10.7. The van der Waals surface area contributed by atoms with E-state index in [4.69, 9.17) is 4.52 Å². The van der Waals surface area contributed by atoms with Crippen LogP contribution in [-0.4, -0.2) is 29.3 Å². The van der Waals surface area contributed by atoms with E-state index in [-0.39, 0.29) is 0 Å². The molecule has 362 valence electrons. The van der Waals surface area contributed by atoms with Crippen LogP contribution in [0.2, 0.25) is 0 Å². The third kappa shape index (κ3) is 47.6. The van der Waals surface area contributed by atoms with Gasteiger partial charge in [-0.15, -0.1) is 0 Å². The molecule has 0 heterocycles. The third-order valence-electron chi connectivity index (χ3n) is 13.4. The summed E-state index contributed by atoms with van der Waals surface area (Å²) in [5, 5.41) is 0. The molecule has 0 aromatic rings. The minimum atomic E-state index is -3.68. The maximum Gasteiger partial charge on any atom is 0.405 e. The van der Waals surface area contributed by atoms with Gasteiger partial charge < -0.3 is 4.89 Å². The van der Waals surface area contributed by atoms with Gasteiger partial charge in [-0.3, -0.25) is 4.52 Å². The smallest absolute Gasteiger partial charge is 0.312 e. The molecule has 0 spiro atoms. The van der Waals surface area contributed by atoms with Crippen LogP contribution in [0.3, 0.4) is 0 Å². The summed E-state index contributed by atoms with van der Waals surface area (Å²) >= 11 is 0. The van der Waals surface area contributed by atoms with Crippen LogP contribution in [0.15, 0.2) is 0 Å². The highest BCUT2D eigenvalue weighted by molar-refractivity contribution is 7.50. The van der Waals surface area contributed by atoms with Gasteiger partial charge in [-0.1, -0.05) is 316 Å². The molecule has 60 heavy (non-hydrogen) atoms. The van der Waals surface area contributed by atoms with Crippen molar-refractivity contribution in [2.24, 2.45) is 0 Å². The van der Waals surface area contributed by atoms with E-state index in [1.54, 1.807) is 4.67 Å². The summed E-state index contributed by atoms with van der Waals surface area (Å²) in [6.07, 6.45) is 67.6. The zero-order chi connectivity index (χ0) is 43.6. The average molecular weight is 868 g/mol. The Morgan fingerprint density at radius 2 is 0.450 bits per heavy atom. The first-order valence-electron chi connectivity index (χ1n) is 28.3. The van der Waals surface area contributed by atoms with Gasteiger partial charge in [0.05, 0.1) is 6.61 Å². The molecule has 1 unspecified atom stereocenters. The van der Waals surface area contributed by atoms with Crippen molar-refractivity contribution in [3.63, 3.8) is 0 Å². The van der Waals surface area contributed by atoms with E-state index in [2.05, 4.69) is 13.8 Å². The van der Waals surface area contributed by atoms with E-state index < -0.39 is 7.75 Å². The fourth-order valence-corrected chi connectivity index (χ4v) is 10.5. The predicted octanol–water partition coefficient (Wildman–Crippen LogP) is 20.6. The van der Waals surface area contributed by atoms with Crippen molar-refractivity contribution in [2.45, 2.75) is 335 Å². The lowest BCUT2D eigenvalue weighted by atomic mass is 10.0. The largest absolute Gasteiger partial charge is 0.405 e. The standard InChI is InChI=1S/C55H114NO3P/c1-4-7-9-11-13-15-17-19-21-23-25-27-29-31-33-35-37-39-41-43-45-47-49-51-53-56(60(57,58)59-55-6-3)54-52-50-48-46-44-42-40-38-36-34-32-30-28-26-24-22-20-18-16-14-12-10-8-5-2/h4-55H2,1-3H3,(H,57,58). The Morgan fingerprint density at radius 1 is 0.283 bits per heavy atom. The van der Waals surface area contributed by atoms with Crippen LogP contribution in [0.25, 0.3) is 0 Å². The van der Waals surface area contributed by atoms with E-state index in [9.17, 15) is 9.46 Å². The number of nitrogens with zero attached hydrogens (tertiary/aromatic N) is 1. The Hall–Kier alpha value is 0.110. The van der Waals surface area contributed by atoms with Gasteiger partial charge in [-0.25, -0.2) is 9.24 Å². The Bertz CT molecular complexity index is 772. The molecule has 0 saturated heterocycles. The first-order chi connectivity index (χ1) is 29.6. The van der Waals surface area contributed by atoms with Crippen LogP contribution >= 0.6 is 7.75 Å². The second-order valence-electron chi connectivity index (χ2n) is 19.5. The third-order valence-corrected chi connectivity index (χ3v) is 15.0. The van der Waals surface area contributed by atoms with Gasteiger partial charge in [-0.05, 0) is 19.3 Å². The molecule has 1 N–H and O–H groups in total. The SMILES string of the molecule is CCCCCCCCCCCCCCCCCCCCCCCCCCN(CCCCCCCCCCCCCCCCCCCCCCCCCC)P(=O)(O)OCCC. The fraction of sp³-hybridized carbons (Fsp3) is 1.00. The molecule has 0 aliphatic carbocycles. The summed E-state index contributed by atoms with van der Waals surface area (Å²) in [5.41, 5.74) is 0. The zero-order valence-electron chi connectivity index (χ0n) is 41.9. The quantitative estimate of drug-likeness (QED) is 0.0489. The maximum atomic E-state index is 13.1. The van der Waals surface area contributed by atoms with E-state index >= 15 is 0 Å². The predicted molar refractivity (Wildman–Crippen MR) is 271 cm³/mol. The molecular formula is C55H114NO3P. The fourth-order valence-electron chi connectivity index (χ4n) is 9.17. The van der Waals surface area contributed by atoms with Crippen molar-refractivity contribution in [1.29, 1.82) is 0 Å². The average Bonchev–Trinajstić information content (AvgIpc) is 3.25. The summed E-state index contributed by atoms with van der Waals surface area (Å²) in [6, 6.07) is 0. The lowest BCUT2D eigenvalue weighted by Crippen LogP contribution is -2.24. The molecule has 1 atom stereocenters. The Morgan fingerprint density at radius 3 is 0.617 bits per heavy atom. The number of hydrogen-bond acceptors (Lipinski definition) is 2. The zero-order valence-corrected chi connectivity index (χ0v) is 42.8. The van der Waals surface area contributed by atoms with E-state index in [1.165, 1.54) is 283 Å². The van der Waals surface area contributed by atoms with Crippen molar-refractivity contribution < 1.29 is 14.0 Å². The highest BCUT2D eigenvalue weighted by atomic mass is 31.2. The van der Waals surface area contributed by atoms with Crippen molar-refractivity contribution >= 4 is 7.75 Å². The second-order valence-corrected chi connectivity index (χ2v) is 21.3. The van der Waals surface area contributed by atoms with Gasteiger partial charge in [0.1, 0.15) is 0 Å². The molecule has 0 aromatic heterocycles. The molecule has 0 bridgehead atoms. The molecule has 0 fully saturated rings. The molecule has 0 rings (SSSR count). The van der Waals surface area contributed by atoms with Gasteiger partial charge in [-0.2, -0.15) is 0 Å². The monoisotopic (exact) mass is 868 g/mol. The topological polar surface area (TPSA) is 49.8 Å². The Balaban J connectivity index is 3.63. The van der Waals surface area contributed by atoms with Crippen LogP contribution in [0.1, 0.15) is 335 Å². The number of unbranched alkanes of at least 4 members (excludes halogenated alkanes) is 46. The van der Waals surface area contributed by atoms with Crippen LogP contribution in [-0.2, 0) is 9.09 Å². The van der Waals surface area contributed by atoms with Gasteiger partial charge in [0, 0.05) is 13.1 Å². The molecule has 0 radical (unpaired) electrons. The highest BCUT2D eigenvalue weighted by Crippen LogP contribution is 2.46. The molecule has 5 heteroatoms. The highest BCUT2D eigenvalue weighted by Gasteiger charge is 2.28. The van der Waals surface area contributed by atoms with Crippen LogP contribution < -0.4 is 0 Å². The van der Waals surface area contributed by atoms with Gasteiger partial charge in [0.2, 0.25) is 0 Å². The minimum absolute atomic E-state index is 0.364. The van der Waals surface area contributed by atoms with Crippen molar-refractivity contribution in [2.75, 3.05) is 19.7 Å². The normalized spacial score (nSPS) is 12.9. The molecule has 4 nitrogen and oxygen atoms in total. The molecule has 0 aliphatic heterocycles. The van der Waals surface area contributed by atoms with Crippen LogP contribution in [0.5, 0.6) is 0 Å².